The minimum atomic E-state index is 0.225. The Morgan fingerprint density at radius 1 is 1.11 bits per heavy atom. The number of aromatic nitrogens is 2. The molecule has 4 rings (SSSR count). The molecule has 3 aromatic rings. The Morgan fingerprint density at radius 2 is 1.89 bits per heavy atom. The van der Waals surface area contributed by atoms with E-state index in [-0.39, 0.29) is 5.78 Å². The number of Topliss-reactive ketones (excluding diaryl/α,β-unsaturated/α-hetero) is 1. The molecule has 0 saturated carbocycles. The third kappa shape index (κ3) is 3.85. The Hall–Kier alpha value is -2.92. The van der Waals surface area contributed by atoms with E-state index in [2.05, 4.69) is 26.6 Å². The van der Waals surface area contributed by atoms with Gasteiger partial charge in [-0.1, -0.05) is 48.5 Å². The van der Waals surface area contributed by atoms with Gasteiger partial charge >= 0.3 is 6.01 Å². The van der Waals surface area contributed by atoms with Gasteiger partial charge in [0.1, 0.15) is 0 Å². The van der Waals surface area contributed by atoms with Crippen molar-refractivity contribution in [1.29, 1.82) is 0 Å². The van der Waals surface area contributed by atoms with Crippen molar-refractivity contribution in [3.05, 3.63) is 66.2 Å². The largest absolute Gasteiger partial charge is 0.468 e. The second-order valence-corrected chi connectivity index (χ2v) is 7.06. The highest BCUT2D eigenvalue weighted by Crippen LogP contribution is 2.28. The summed E-state index contributed by atoms with van der Waals surface area (Å²) in [5, 5.41) is 0. The maximum Gasteiger partial charge on any atom is 0.301 e. The first-order chi connectivity index (χ1) is 13.8. The minimum absolute atomic E-state index is 0.225. The maximum atomic E-state index is 12.2. The molecule has 0 spiro atoms. The molecule has 0 N–H and O–H groups in total. The molecule has 5 nitrogen and oxygen atoms in total. The Labute approximate surface area is 165 Å². The van der Waals surface area contributed by atoms with Crippen LogP contribution in [0, 0.1) is 0 Å². The SMILES string of the molecule is COc1nc2ccccc2n1C1=CCN(CCCC(=O)c2ccccc2)CC1. The number of ketones is 1. The molecule has 5 heteroatoms. The fourth-order valence-corrected chi connectivity index (χ4v) is 3.76. The van der Waals surface area contributed by atoms with Crippen LogP contribution in [-0.4, -0.2) is 47.0 Å². The summed E-state index contributed by atoms with van der Waals surface area (Å²) in [6.07, 6.45) is 4.66. The Bertz CT molecular complexity index is 992. The van der Waals surface area contributed by atoms with E-state index in [0.29, 0.717) is 12.4 Å². The summed E-state index contributed by atoms with van der Waals surface area (Å²) in [5.74, 6) is 0.225. The van der Waals surface area contributed by atoms with Gasteiger partial charge in [-0.15, -0.1) is 0 Å². The van der Waals surface area contributed by atoms with Crippen LogP contribution in [0.3, 0.4) is 0 Å². The summed E-state index contributed by atoms with van der Waals surface area (Å²) in [6, 6.07) is 18.3. The second kappa shape index (κ2) is 8.40. The van der Waals surface area contributed by atoms with Gasteiger partial charge < -0.3 is 4.74 Å². The number of ether oxygens (including phenoxy) is 1. The monoisotopic (exact) mass is 375 g/mol. The van der Waals surface area contributed by atoms with Gasteiger partial charge in [0.05, 0.1) is 18.1 Å². The van der Waals surface area contributed by atoms with E-state index in [1.807, 2.05) is 48.5 Å². The molecule has 0 fully saturated rings. The summed E-state index contributed by atoms with van der Waals surface area (Å²) in [6.45, 7) is 2.79. The minimum Gasteiger partial charge on any atom is -0.468 e. The molecular formula is C23H25N3O2. The van der Waals surface area contributed by atoms with Crippen molar-refractivity contribution in [2.24, 2.45) is 0 Å². The number of rotatable bonds is 7. The van der Waals surface area contributed by atoms with E-state index in [9.17, 15) is 4.79 Å². The van der Waals surface area contributed by atoms with E-state index in [1.54, 1.807) is 7.11 Å². The van der Waals surface area contributed by atoms with Crippen LogP contribution in [0.2, 0.25) is 0 Å². The number of benzene rings is 2. The zero-order valence-electron chi connectivity index (χ0n) is 16.2. The molecule has 144 valence electrons. The Balaban J connectivity index is 1.37. The van der Waals surface area contributed by atoms with E-state index in [4.69, 9.17) is 4.74 Å². The number of nitrogens with zero attached hydrogens (tertiary/aromatic N) is 3. The number of hydrogen-bond acceptors (Lipinski definition) is 4. The lowest BCUT2D eigenvalue weighted by Crippen LogP contribution is -2.30. The van der Waals surface area contributed by atoms with Crippen molar-refractivity contribution in [2.45, 2.75) is 19.3 Å². The fourth-order valence-electron chi connectivity index (χ4n) is 3.76. The van der Waals surface area contributed by atoms with E-state index in [0.717, 1.165) is 49.1 Å². The molecule has 0 bridgehead atoms. The van der Waals surface area contributed by atoms with Crippen molar-refractivity contribution in [2.75, 3.05) is 26.7 Å². The molecule has 0 saturated heterocycles. The summed E-state index contributed by atoms with van der Waals surface area (Å²) < 4.78 is 7.62. The smallest absolute Gasteiger partial charge is 0.301 e. The van der Waals surface area contributed by atoms with Crippen LogP contribution < -0.4 is 4.74 Å². The normalized spacial score (nSPS) is 14.8. The number of carbonyl (C=O) groups excluding carboxylic acids is 1. The van der Waals surface area contributed by atoms with Gasteiger partial charge in [-0.2, -0.15) is 4.98 Å². The number of imidazole rings is 1. The second-order valence-electron chi connectivity index (χ2n) is 7.06. The van der Waals surface area contributed by atoms with Crippen LogP contribution in [-0.2, 0) is 0 Å². The average Bonchev–Trinajstić information content (AvgIpc) is 3.13. The molecule has 0 radical (unpaired) electrons. The van der Waals surface area contributed by atoms with Crippen molar-refractivity contribution >= 4 is 22.5 Å². The van der Waals surface area contributed by atoms with Gasteiger partial charge in [0.15, 0.2) is 5.78 Å². The summed E-state index contributed by atoms with van der Waals surface area (Å²) in [7, 11) is 1.66. The molecule has 0 amide bonds. The van der Waals surface area contributed by atoms with Gasteiger partial charge in [-0.25, -0.2) is 0 Å². The zero-order valence-corrected chi connectivity index (χ0v) is 16.2. The standard InChI is InChI=1S/C23H25N3O2/c1-28-23-24-20-10-5-6-11-21(20)26(23)19-13-16-25(17-14-19)15-7-12-22(27)18-8-3-2-4-9-18/h2-6,8-11,13H,7,12,14-17H2,1H3. The van der Waals surface area contributed by atoms with Gasteiger partial charge in [0, 0.05) is 37.2 Å². The number of para-hydroxylation sites is 2. The summed E-state index contributed by atoms with van der Waals surface area (Å²) in [4.78, 5) is 19.2. The van der Waals surface area contributed by atoms with Crippen LogP contribution >= 0.6 is 0 Å². The molecular weight excluding hydrogens is 350 g/mol. The van der Waals surface area contributed by atoms with Crippen LogP contribution in [0.4, 0.5) is 0 Å². The van der Waals surface area contributed by atoms with E-state index < -0.39 is 0 Å². The first kappa shape index (κ1) is 18.4. The third-order valence-electron chi connectivity index (χ3n) is 5.24. The fraction of sp³-hybridized carbons (Fsp3) is 0.304. The van der Waals surface area contributed by atoms with Gasteiger partial charge in [0.25, 0.3) is 0 Å². The summed E-state index contributed by atoms with van der Waals surface area (Å²) >= 11 is 0. The van der Waals surface area contributed by atoms with Crippen molar-refractivity contribution in [3.63, 3.8) is 0 Å². The third-order valence-corrected chi connectivity index (χ3v) is 5.24. The average molecular weight is 375 g/mol. The van der Waals surface area contributed by atoms with E-state index >= 15 is 0 Å². The van der Waals surface area contributed by atoms with Crippen LogP contribution in [0.1, 0.15) is 29.6 Å². The number of carbonyl (C=O) groups is 1. The van der Waals surface area contributed by atoms with Crippen molar-refractivity contribution in [3.8, 4) is 6.01 Å². The lowest BCUT2D eigenvalue weighted by molar-refractivity contribution is 0.0975. The van der Waals surface area contributed by atoms with Crippen LogP contribution in [0.15, 0.2) is 60.7 Å². The van der Waals surface area contributed by atoms with Crippen molar-refractivity contribution < 1.29 is 9.53 Å². The van der Waals surface area contributed by atoms with Gasteiger partial charge in [-0.05, 0) is 25.1 Å². The zero-order chi connectivity index (χ0) is 19.3. The first-order valence-electron chi connectivity index (χ1n) is 9.78. The molecule has 2 aromatic carbocycles. The molecule has 28 heavy (non-hydrogen) atoms. The highest BCUT2D eigenvalue weighted by molar-refractivity contribution is 5.95. The topological polar surface area (TPSA) is 47.4 Å². The van der Waals surface area contributed by atoms with E-state index in [1.165, 1.54) is 5.70 Å². The molecule has 1 aromatic heterocycles. The maximum absolute atomic E-state index is 12.2. The van der Waals surface area contributed by atoms with Gasteiger partial charge in [-0.3, -0.25) is 14.3 Å². The molecule has 1 aliphatic heterocycles. The lowest BCUT2D eigenvalue weighted by atomic mass is 10.1. The van der Waals surface area contributed by atoms with Crippen molar-refractivity contribution in [1.82, 2.24) is 14.5 Å². The van der Waals surface area contributed by atoms with Crippen LogP contribution in [0.5, 0.6) is 6.01 Å². The number of fused-ring (bicyclic) bond motifs is 1. The molecule has 1 aliphatic rings. The molecule has 2 heterocycles. The molecule has 0 aliphatic carbocycles. The van der Waals surface area contributed by atoms with Gasteiger partial charge in [0.2, 0.25) is 0 Å². The summed E-state index contributed by atoms with van der Waals surface area (Å²) in [5.41, 5.74) is 4.05. The van der Waals surface area contributed by atoms with Crippen LogP contribution in [0.25, 0.3) is 16.7 Å². The molecule has 0 unspecified atom stereocenters. The number of hydrogen-bond donors (Lipinski definition) is 0. The highest BCUT2D eigenvalue weighted by Gasteiger charge is 2.19. The predicted octanol–water partition coefficient (Wildman–Crippen LogP) is 4.25. The lowest BCUT2D eigenvalue weighted by Gasteiger charge is -2.27. The molecule has 0 atom stereocenters. The quantitative estimate of drug-likeness (QED) is 0.579. The first-order valence-corrected chi connectivity index (χ1v) is 9.78. The Kier molecular flexibility index (Phi) is 5.53. The Morgan fingerprint density at radius 3 is 2.64 bits per heavy atom. The predicted molar refractivity (Wildman–Crippen MR) is 112 cm³/mol. The highest BCUT2D eigenvalue weighted by atomic mass is 16.5. The number of methoxy groups -OCH3 is 1.